The molecule has 0 radical (unpaired) electrons. The molecular weight excluding hydrogens is 268 g/mol. The third-order valence-corrected chi connectivity index (χ3v) is 3.39. The number of nitrogen functional groups attached to an aromatic ring is 1. The number of hydrogen-bond donors (Lipinski definition) is 3. The zero-order valence-corrected chi connectivity index (χ0v) is 11.8. The van der Waals surface area contributed by atoms with Gasteiger partial charge in [-0.3, -0.25) is 9.48 Å². The van der Waals surface area contributed by atoms with Gasteiger partial charge in [0.25, 0.3) is 5.91 Å². The third kappa shape index (κ3) is 2.33. The van der Waals surface area contributed by atoms with Crippen LogP contribution in [0.4, 0.5) is 5.82 Å². The fourth-order valence-corrected chi connectivity index (χ4v) is 2.14. The summed E-state index contributed by atoms with van der Waals surface area (Å²) in [5, 5.41) is 6.82. The number of carbonyl (C=O) groups excluding carboxylic acids is 1. The summed E-state index contributed by atoms with van der Waals surface area (Å²) in [6, 6.07) is 7.46. The largest absolute Gasteiger partial charge is 0.383 e. The van der Waals surface area contributed by atoms with E-state index in [1.54, 1.807) is 7.05 Å². The van der Waals surface area contributed by atoms with E-state index in [1.165, 1.54) is 10.9 Å². The predicted octanol–water partition coefficient (Wildman–Crippen LogP) is 1.37. The first-order valence-corrected chi connectivity index (χ1v) is 6.59. The van der Waals surface area contributed by atoms with E-state index in [2.05, 4.69) is 20.4 Å². The maximum absolute atomic E-state index is 12.2. The number of aromatic amines is 1. The number of para-hydroxylation sites is 2. The Morgan fingerprint density at radius 1 is 1.43 bits per heavy atom. The minimum Gasteiger partial charge on any atom is -0.383 e. The first-order chi connectivity index (χ1) is 10.1. The summed E-state index contributed by atoms with van der Waals surface area (Å²) in [6.45, 7) is 1.86. The van der Waals surface area contributed by atoms with Crippen molar-refractivity contribution in [3.63, 3.8) is 0 Å². The standard InChI is InChI=1S/C14H16N6O/c1-8(13-18-10-5-3-4-6-11(10)19-13)17-14(21)9-7-16-20(2)12(9)15/h3-8H,15H2,1-2H3,(H,17,21)(H,18,19). The van der Waals surface area contributed by atoms with Crippen LogP contribution < -0.4 is 11.1 Å². The number of nitrogens with two attached hydrogens (primary N) is 1. The van der Waals surface area contributed by atoms with Crippen LogP contribution in [-0.4, -0.2) is 25.7 Å². The Bertz CT molecular complexity index is 770. The molecule has 7 nitrogen and oxygen atoms in total. The van der Waals surface area contributed by atoms with Crippen molar-refractivity contribution < 1.29 is 4.79 Å². The van der Waals surface area contributed by atoms with Gasteiger partial charge in [0, 0.05) is 7.05 Å². The van der Waals surface area contributed by atoms with Crippen molar-refractivity contribution >= 4 is 22.8 Å². The first kappa shape index (κ1) is 13.2. The normalized spacial score (nSPS) is 12.5. The molecule has 0 bridgehead atoms. The molecule has 1 aromatic carbocycles. The van der Waals surface area contributed by atoms with Crippen LogP contribution in [0, 0.1) is 0 Å². The van der Waals surface area contributed by atoms with Crippen LogP contribution in [0.3, 0.4) is 0 Å². The molecule has 7 heteroatoms. The van der Waals surface area contributed by atoms with Gasteiger partial charge < -0.3 is 16.0 Å². The molecule has 3 aromatic rings. The van der Waals surface area contributed by atoms with E-state index in [9.17, 15) is 4.79 Å². The van der Waals surface area contributed by atoms with E-state index >= 15 is 0 Å². The number of hydrogen-bond acceptors (Lipinski definition) is 4. The Morgan fingerprint density at radius 3 is 2.86 bits per heavy atom. The van der Waals surface area contributed by atoms with Crippen molar-refractivity contribution in [3.05, 3.63) is 41.9 Å². The second-order valence-corrected chi connectivity index (χ2v) is 4.90. The van der Waals surface area contributed by atoms with Gasteiger partial charge in [0.05, 0.1) is 23.3 Å². The molecule has 1 unspecified atom stereocenters. The highest BCUT2D eigenvalue weighted by Crippen LogP contribution is 2.17. The van der Waals surface area contributed by atoms with Gasteiger partial charge in [0.2, 0.25) is 0 Å². The Kier molecular flexibility index (Phi) is 3.09. The lowest BCUT2D eigenvalue weighted by molar-refractivity contribution is 0.0939. The molecule has 1 atom stereocenters. The van der Waals surface area contributed by atoms with Gasteiger partial charge in [-0.1, -0.05) is 12.1 Å². The van der Waals surface area contributed by atoms with Gasteiger partial charge in [-0.25, -0.2) is 4.98 Å². The van der Waals surface area contributed by atoms with Gasteiger partial charge in [0.15, 0.2) is 0 Å². The number of fused-ring (bicyclic) bond motifs is 1. The summed E-state index contributed by atoms with van der Waals surface area (Å²) in [4.78, 5) is 19.9. The number of nitrogens with one attached hydrogen (secondary N) is 2. The van der Waals surface area contributed by atoms with Crippen LogP contribution in [0.2, 0.25) is 0 Å². The van der Waals surface area contributed by atoms with E-state index < -0.39 is 0 Å². The van der Waals surface area contributed by atoms with Crippen LogP contribution >= 0.6 is 0 Å². The average Bonchev–Trinajstić information content (AvgIpc) is 3.03. The van der Waals surface area contributed by atoms with E-state index in [0.29, 0.717) is 17.2 Å². The fraction of sp³-hybridized carbons (Fsp3) is 0.214. The molecule has 21 heavy (non-hydrogen) atoms. The molecule has 2 aromatic heterocycles. The molecule has 0 aliphatic carbocycles. The van der Waals surface area contributed by atoms with Gasteiger partial charge in [0.1, 0.15) is 17.2 Å². The number of aryl methyl sites for hydroxylation is 1. The molecule has 2 heterocycles. The molecule has 1 amide bonds. The Morgan fingerprint density at radius 2 is 2.19 bits per heavy atom. The predicted molar refractivity (Wildman–Crippen MR) is 79.6 cm³/mol. The van der Waals surface area contributed by atoms with Crippen molar-refractivity contribution in [1.82, 2.24) is 25.1 Å². The SMILES string of the molecule is CC(NC(=O)c1cnn(C)c1N)c1nc2ccccc2[nH]1. The van der Waals surface area contributed by atoms with Crippen LogP contribution in [-0.2, 0) is 7.05 Å². The summed E-state index contributed by atoms with van der Waals surface area (Å²) < 4.78 is 1.46. The molecule has 0 aliphatic rings. The second kappa shape index (κ2) is 4.93. The number of aromatic nitrogens is 4. The molecule has 4 N–H and O–H groups in total. The monoisotopic (exact) mass is 284 g/mol. The Labute approximate surface area is 121 Å². The Balaban J connectivity index is 1.81. The summed E-state index contributed by atoms with van der Waals surface area (Å²) in [5.41, 5.74) is 7.97. The fourth-order valence-electron chi connectivity index (χ4n) is 2.14. The molecule has 0 fully saturated rings. The maximum Gasteiger partial charge on any atom is 0.257 e. The molecule has 108 valence electrons. The number of nitrogens with zero attached hydrogens (tertiary/aromatic N) is 3. The quantitative estimate of drug-likeness (QED) is 0.676. The minimum atomic E-state index is -0.270. The van der Waals surface area contributed by atoms with Crippen molar-refractivity contribution in [1.29, 1.82) is 0 Å². The minimum absolute atomic E-state index is 0.260. The number of rotatable bonds is 3. The van der Waals surface area contributed by atoms with Crippen LogP contribution in [0.15, 0.2) is 30.5 Å². The number of amides is 1. The highest BCUT2D eigenvalue weighted by atomic mass is 16.1. The van der Waals surface area contributed by atoms with Gasteiger partial charge >= 0.3 is 0 Å². The topological polar surface area (TPSA) is 102 Å². The molecule has 0 saturated carbocycles. The number of carbonyl (C=O) groups is 1. The van der Waals surface area contributed by atoms with Crippen molar-refractivity contribution in [2.75, 3.05) is 5.73 Å². The zero-order valence-electron chi connectivity index (χ0n) is 11.8. The molecular formula is C14H16N6O. The summed E-state index contributed by atoms with van der Waals surface area (Å²) >= 11 is 0. The van der Waals surface area contributed by atoms with Crippen molar-refractivity contribution in [2.24, 2.45) is 7.05 Å². The maximum atomic E-state index is 12.2. The molecule has 0 aliphatic heterocycles. The number of imidazole rings is 1. The third-order valence-electron chi connectivity index (χ3n) is 3.39. The van der Waals surface area contributed by atoms with Crippen LogP contribution in [0.1, 0.15) is 29.1 Å². The number of benzene rings is 1. The number of anilines is 1. The van der Waals surface area contributed by atoms with E-state index in [-0.39, 0.29) is 11.9 Å². The lowest BCUT2D eigenvalue weighted by Gasteiger charge is -2.10. The lowest BCUT2D eigenvalue weighted by atomic mass is 10.2. The van der Waals surface area contributed by atoms with Gasteiger partial charge in [-0.15, -0.1) is 0 Å². The summed E-state index contributed by atoms with van der Waals surface area (Å²) in [6.07, 6.45) is 1.45. The lowest BCUT2D eigenvalue weighted by Crippen LogP contribution is -2.27. The highest BCUT2D eigenvalue weighted by molar-refractivity contribution is 5.98. The molecule has 0 spiro atoms. The first-order valence-electron chi connectivity index (χ1n) is 6.59. The second-order valence-electron chi connectivity index (χ2n) is 4.90. The highest BCUT2D eigenvalue weighted by Gasteiger charge is 2.18. The van der Waals surface area contributed by atoms with E-state index in [4.69, 9.17) is 5.73 Å². The van der Waals surface area contributed by atoms with Gasteiger partial charge in [-0.2, -0.15) is 5.10 Å². The molecule has 0 saturated heterocycles. The van der Waals surface area contributed by atoms with E-state index in [0.717, 1.165) is 11.0 Å². The van der Waals surface area contributed by atoms with Crippen molar-refractivity contribution in [3.8, 4) is 0 Å². The molecule has 3 rings (SSSR count). The number of H-pyrrole nitrogens is 1. The smallest absolute Gasteiger partial charge is 0.257 e. The van der Waals surface area contributed by atoms with Crippen LogP contribution in [0.25, 0.3) is 11.0 Å². The Hall–Kier alpha value is -2.83. The van der Waals surface area contributed by atoms with Gasteiger partial charge in [-0.05, 0) is 19.1 Å². The summed E-state index contributed by atoms with van der Waals surface area (Å²) in [7, 11) is 1.69. The van der Waals surface area contributed by atoms with Crippen LogP contribution in [0.5, 0.6) is 0 Å². The summed E-state index contributed by atoms with van der Waals surface area (Å²) in [5.74, 6) is 0.768. The van der Waals surface area contributed by atoms with Crippen molar-refractivity contribution in [2.45, 2.75) is 13.0 Å². The van der Waals surface area contributed by atoms with E-state index in [1.807, 2.05) is 31.2 Å². The zero-order chi connectivity index (χ0) is 15.0. The average molecular weight is 284 g/mol.